The molecule has 0 spiro atoms. The lowest BCUT2D eigenvalue weighted by Crippen LogP contribution is -2.30. The van der Waals surface area contributed by atoms with E-state index in [0.29, 0.717) is 25.7 Å². The van der Waals surface area contributed by atoms with Gasteiger partial charge >= 0.3 is 39.5 Å². The van der Waals surface area contributed by atoms with Gasteiger partial charge in [-0.3, -0.25) is 37.3 Å². The number of carbonyl (C=O) groups is 4. The van der Waals surface area contributed by atoms with Gasteiger partial charge in [0, 0.05) is 25.7 Å². The molecule has 3 unspecified atom stereocenters. The summed E-state index contributed by atoms with van der Waals surface area (Å²) in [6.07, 6.45) is 68.0. The van der Waals surface area contributed by atoms with Crippen LogP contribution in [0.2, 0.25) is 0 Å². The molecule has 19 heteroatoms. The zero-order valence-electron chi connectivity index (χ0n) is 68.3. The van der Waals surface area contributed by atoms with Gasteiger partial charge in [-0.15, -0.1) is 0 Å². The van der Waals surface area contributed by atoms with Crippen molar-refractivity contribution in [1.82, 2.24) is 0 Å². The summed E-state index contributed by atoms with van der Waals surface area (Å²) in [5, 5.41) is 10.7. The van der Waals surface area contributed by atoms with Crippen LogP contribution in [0.1, 0.15) is 452 Å². The Morgan fingerprint density at radius 1 is 0.279 bits per heavy atom. The van der Waals surface area contributed by atoms with E-state index in [1.54, 1.807) is 0 Å². The number of unbranched alkanes of at least 4 members (excludes halogenated alkanes) is 53. The summed E-state index contributed by atoms with van der Waals surface area (Å²) >= 11 is 0. The molecule has 0 aliphatic heterocycles. The van der Waals surface area contributed by atoms with Crippen molar-refractivity contribution in [2.45, 2.75) is 471 Å². The minimum Gasteiger partial charge on any atom is -0.462 e. The third-order valence-corrected chi connectivity index (χ3v) is 22.2. The fourth-order valence-electron chi connectivity index (χ4n) is 13.2. The van der Waals surface area contributed by atoms with Crippen LogP contribution in [-0.4, -0.2) is 96.7 Å². The molecule has 6 atom stereocenters. The van der Waals surface area contributed by atoms with E-state index in [0.717, 1.165) is 102 Å². The smallest absolute Gasteiger partial charge is 0.462 e. The van der Waals surface area contributed by atoms with Crippen LogP contribution < -0.4 is 0 Å². The maximum atomic E-state index is 13.1. The summed E-state index contributed by atoms with van der Waals surface area (Å²) in [5.41, 5.74) is 0. The van der Waals surface area contributed by atoms with Crippen LogP contribution in [-0.2, 0) is 65.4 Å². The molecule has 17 nitrogen and oxygen atoms in total. The van der Waals surface area contributed by atoms with Crippen LogP contribution in [0.25, 0.3) is 0 Å². The second-order valence-electron chi connectivity index (χ2n) is 31.3. The highest BCUT2D eigenvalue weighted by atomic mass is 31.2. The van der Waals surface area contributed by atoms with Crippen LogP contribution in [0.15, 0.2) is 0 Å². The van der Waals surface area contributed by atoms with E-state index in [1.165, 1.54) is 270 Å². The van der Waals surface area contributed by atoms with Gasteiger partial charge in [0.15, 0.2) is 12.2 Å². The highest BCUT2D eigenvalue weighted by Crippen LogP contribution is 2.45. The molecule has 0 aliphatic carbocycles. The van der Waals surface area contributed by atoms with Crippen LogP contribution in [0.3, 0.4) is 0 Å². The monoisotopic (exact) mass is 1520 g/mol. The van der Waals surface area contributed by atoms with E-state index in [4.69, 9.17) is 37.0 Å². The first-order chi connectivity index (χ1) is 50.4. The van der Waals surface area contributed by atoms with E-state index in [2.05, 4.69) is 41.5 Å². The first-order valence-corrected chi connectivity index (χ1v) is 47.0. The lowest BCUT2D eigenvalue weighted by atomic mass is 9.99. The fourth-order valence-corrected chi connectivity index (χ4v) is 14.8. The topological polar surface area (TPSA) is 237 Å². The Hall–Kier alpha value is -1.94. The first kappa shape index (κ1) is 102. The average molecular weight is 1520 g/mol. The molecular weight excluding hydrogens is 1350 g/mol. The predicted octanol–water partition coefficient (Wildman–Crippen LogP) is 25.8. The average Bonchev–Trinajstić information content (AvgIpc) is 0.911. The van der Waals surface area contributed by atoms with E-state index in [1.807, 2.05) is 0 Å². The van der Waals surface area contributed by atoms with Gasteiger partial charge in [0.25, 0.3) is 0 Å². The number of ether oxygens (including phenoxy) is 4. The summed E-state index contributed by atoms with van der Waals surface area (Å²) in [6.45, 7) is 9.70. The first-order valence-electron chi connectivity index (χ1n) is 44.0. The second kappa shape index (κ2) is 76.4. The zero-order chi connectivity index (χ0) is 76.4. The largest absolute Gasteiger partial charge is 0.472 e. The van der Waals surface area contributed by atoms with Crippen molar-refractivity contribution < 1.29 is 80.2 Å². The van der Waals surface area contributed by atoms with Crippen LogP contribution in [0.5, 0.6) is 0 Å². The normalized spacial score (nSPS) is 14.1. The Balaban J connectivity index is 5.23. The highest BCUT2D eigenvalue weighted by molar-refractivity contribution is 7.47. The van der Waals surface area contributed by atoms with Crippen LogP contribution in [0, 0.1) is 11.8 Å². The maximum Gasteiger partial charge on any atom is 0.472 e. The summed E-state index contributed by atoms with van der Waals surface area (Å²) in [4.78, 5) is 73.2. The van der Waals surface area contributed by atoms with Crippen molar-refractivity contribution in [2.75, 3.05) is 39.6 Å². The van der Waals surface area contributed by atoms with Gasteiger partial charge in [-0.1, -0.05) is 401 Å². The van der Waals surface area contributed by atoms with Crippen molar-refractivity contribution in [3.8, 4) is 0 Å². The molecular formula is C85H166O17P2. The number of carbonyl (C=O) groups excluding carboxylic acids is 4. The Morgan fingerprint density at radius 3 is 0.731 bits per heavy atom. The summed E-state index contributed by atoms with van der Waals surface area (Å²) < 4.78 is 68.9. The van der Waals surface area contributed by atoms with Gasteiger partial charge in [0.05, 0.1) is 26.4 Å². The Bertz CT molecular complexity index is 2000. The summed E-state index contributed by atoms with van der Waals surface area (Å²) in [6, 6.07) is 0. The lowest BCUT2D eigenvalue weighted by molar-refractivity contribution is -0.161. The zero-order valence-corrected chi connectivity index (χ0v) is 70.1. The van der Waals surface area contributed by atoms with E-state index in [9.17, 15) is 43.2 Å². The molecule has 0 saturated heterocycles. The van der Waals surface area contributed by atoms with E-state index in [-0.39, 0.29) is 25.7 Å². The van der Waals surface area contributed by atoms with E-state index >= 15 is 0 Å². The molecule has 0 aliphatic rings. The predicted molar refractivity (Wildman–Crippen MR) is 428 cm³/mol. The minimum atomic E-state index is -4.96. The number of rotatable bonds is 84. The lowest BCUT2D eigenvalue weighted by Gasteiger charge is -2.21. The number of hydrogen-bond donors (Lipinski definition) is 3. The molecule has 618 valence electrons. The fraction of sp³-hybridized carbons (Fsp3) is 0.953. The second-order valence-corrected chi connectivity index (χ2v) is 34.2. The third kappa shape index (κ3) is 76.8. The standard InChI is InChI=1S/C85H166O17P2/c1-7-10-12-14-16-18-20-22-24-31-34-38-42-49-55-61-67-82(87)95-73-80(101-84(89)70-64-58-52-44-40-36-32-28-26-25-27-30-33-37-41-48-54-60-66-78(6)9-3)75-99-103(91,92)97-71-79(86)72-98-104(93,94)100-76-81(74-96-83(88)68-62-56-50-46-45-47-53-59-65-77(4)5)102-85(90)69-63-57-51-43-39-35-29-23-21-19-17-15-13-11-8-2/h77-81,86H,7-76H2,1-6H3,(H,91,92)(H,93,94)/t78?,79-,80-,81-/m1/s1. The van der Waals surface area contributed by atoms with Gasteiger partial charge in [-0.05, 0) is 37.5 Å². The molecule has 0 fully saturated rings. The van der Waals surface area contributed by atoms with Crippen molar-refractivity contribution in [1.29, 1.82) is 0 Å². The number of phosphoric acid groups is 2. The molecule has 0 bridgehead atoms. The van der Waals surface area contributed by atoms with Gasteiger partial charge in [-0.2, -0.15) is 0 Å². The number of phosphoric ester groups is 2. The van der Waals surface area contributed by atoms with E-state index < -0.39 is 97.5 Å². The Morgan fingerprint density at radius 2 is 0.490 bits per heavy atom. The SMILES string of the molecule is CCCCCCCCCCCCCCCCCCC(=O)OC[C@H](COP(=O)(O)OC[C@@H](O)COP(=O)(O)OC[C@@H](COC(=O)CCCCCCCCCCC(C)C)OC(=O)CCCCCCCCCCCCCCCCC)OC(=O)CCCCCCCCCCCCCCCCCCCCC(C)CC. The summed E-state index contributed by atoms with van der Waals surface area (Å²) in [7, 11) is -9.93. The van der Waals surface area contributed by atoms with Gasteiger partial charge in [0.2, 0.25) is 0 Å². The molecule has 0 heterocycles. The minimum absolute atomic E-state index is 0.108. The van der Waals surface area contributed by atoms with Crippen molar-refractivity contribution in [3.63, 3.8) is 0 Å². The number of hydrogen-bond acceptors (Lipinski definition) is 15. The van der Waals surface area contributed by atoms with Crippen LogP contribution in [0.4, 0.5) is 0 Å². The van der Waals surface area contributed by atoms with Crippen molar-refractivity contribution in [2.24, 2.45) is 11.8 Å². The molecule has 0 aromatic carbocycles. The molecule has 0 aromatic rings. The summed E-state index contributed by atoms with van der Waals surface area (Å²) in [5.74, 6) is -0.505. The van der Waals surface area contributed by atoms with Crippen molar-refractivity contribution >= 4 is 39.5 Å². The van der Waals surface area contributed by atoms with Crippen LogP contribution >= 0.6 is 15.6 Å². The Labute approximate surface area is 638 Å². The number of aliphatic hydroxyl groups is 1. The van der Waals surface area contributed by atoms with Gasteiger partial charge < -0.3 is 33.8 Å². The molecule has 3 N–H and O–H groups in total. The molecule has 0 saturated carbocycles. The van der Waals surface area contributed by atoms with Crippen molar-refractivity contribution in [3.05, 3.63) is 0 Å². The molecule has 0 aromatic heterocycles. The Kier molecular flexibility index (Phi) is 75.0. The highest BCUT2D eigenvalue weighted by Gasteiger charge is 2.30. The molecule has 104 heavy (non-hydrogen) atoms. The van der Waals surface area contributed by atoms with Gasteiger partial charge in [0.1, 0.15) is 19.3 Å². The van der Waals surface area contributed by atoms with Gasteiger partial charge in [-0.25, -0.2) is 9.13 Å². The third-order valence-electron chi connectivity index (χ3n) is 20.3. The molecule has 0 amide bonds. The molecule has 0 rings (SSSR count). The quantitative estimate of drug-likeness (QED) is 0.0222. The molecule has 0 radical (unpaired) electrons. The number of aliphatic hydroxyl groups excluding tert-OH is 1. The maximum absolute atomic E-state index is 13.1. The number of esters is 4.